The lowest BCUT2D eigenvalue weighted by molar-refractivity contribution is 0.0364. The molecule has 4 nitrogen and oxygen atoms in total. The van der Waals surface area contributed by atoms with Crippen molar-refractivity contribution in [3.63, 3.8) is 0 Å². The molecule has 0 heterocycles. The number of nitrogens with one attached hydrogen (secondary N) is 1. The quantitative estimate of drug-likeness (QED) is 0.721. The molecule has 100 valence electrons. The van der Waals surface area contributed by atoms with Gasteiger partial charge in [0.2, 0.25) is 0 Å². The summed E-state index contributed by atoms with van der Waals surface area (Å²) in [6.45, 7) is 3.75. The van der Waals surface area contributed by atoms with Crippen LogP contribution >= 0.6 is 0 Å². The van der Waals surface area contributed by atoms with Gasteiger partial charge in [0.15, 0.2) is 0 Å². The molecule has 2 amide bonds. The van der Waals surface area contributed by atoms with Crippen molar-refractivity contribution in [2.24, 2.45) is 0 Å². The van der Waals surface area contributed by atoms with Crippen LogP contribution in [-0.2, 0) is 0 Å². The van der Waals surface area contributed by atoms with Gasteiger partial charge in [0, 0.05) is 25.7 Å². The third-order valence-electron chi connectivity index (χ3n) is 3.92. The Morgan fingerprint density at radius 1 is 1.29 bits per heavy atom. The molecule has 1 aliphatic rings. The van der Waals surface area contributed by atoms with Crippen LogP contribution in [0.2, 0.25) is 0 Å². The zero-order chi connectivity index (χ0) is 12.9. The van der Waals surface area contributed by atoms with Gasteiger partial charge in [-0.15, -0.1) is 0 Å². The van der Waals surface area contributed by atoms with Crippen LogP contribution in [0.4, 0.5) is 4.79 Å². The average molecular weight is 241 g/mol. The van der Waals surface area contributed by atoms with Gasteiger partial charge >= 0.3 is 6.03 Å². The second-order valence-corrected chi connectivity index (χ2v) is 5.41. The van der Waals surface area contributed by atoms with E-state index in [0.29, 0.717) is 0 Å². The van der Waals surface area contributed by atoms with Gasteiger partial charge in [-0.25, -0.2) is 4.79 Å². The van der Waals surface area contributed by atoms with Crippen molar-refractivity contribution >= 4 is 6.03 Å². The smallest absolute Gasteiger partial charge is 0.317 e. The molecule has 1 saturated carbocycles. The minimum absolute atomic E-state index is 0.0616. The lowest BCUT2D eigenvalue weighted by Gasteiger charge is -2.49. The summed E-state index contributed by atoms with van der Waals surface area (Å²) in [5, 5.41) is 2.96. The van der Waals surface area contributed by atoms with E-state index in [1.165, 1.54) is 19.3 Å². The van der Waals surface area contributed by atoms with E-state index in [-0.39, 0.29) is 11.6 Å². The fourth-order valence-corrected chi connectivity index (χ4v) is 2.35. The molecule has 0 saturated heterocycles. The topological polar surface area (TPSA) is 35.6 Å². The van der Waals surface area contributed by atoms with Gasteiger partial charge < -0.3 is 15.1 Å². The molecule has 0 aromatic heterocycles. The molecule has 0 aliphatic heterocycles. The lowest BCUT2D eigenvalue weighted by Crippen LogP contribution is -2.58. The van der Waals surface area contributed by atoms with E-state index in [1.807, 2.05) is 11.9 Å². The number of rotatable bonds is 6. The third-order valence-corrected chi connectivity index (χ3v) is 3.92. The first-order valence-electron chi connectivity index (χ1n) is 6.68. The highest BCUT2D eigenvalue weighted by atomic mass is 16.2. The molecule has 0 aromatic carbocycles. The number of urea groups is 1. The van der Waals surface area contributed by atoms with E-state index < -0.39 is 0 Å². The van der Waals surface area contributed by atoms with Crippen LogP contribution in [0, 0.1) is 0 Å². The summed E-state index contributed by atoms with van der Waals surface area (Å²) in [6.07, 6.45) is 5.85. The van der Waals surface area contributed by atoms with Crippen LogP contribution in [0.5, 0.6) is 0 Å². The first-order chi connectivity index (χ1) is 8.02. The molecular formula is C13H27N3O. The molecule has 1 N–H and O–H groups in total. The molecule has 1 rings (SSSR count). The fraction of sp³-hybridized carbons (Fsp3) is 0.923. The fourth-order valence-electron chi connectivity index (χ4n) is 2.35. The monoisotopic (exact) mass is 241 g/mol. The average Bonchev–Trinajstić information content (AvgIpc) is 2.22. The van der Waals surface area contributed by atoms with Crippen LogP contribution in [0.25, 0.3) is 0 Å². The molecule has 0 spiro atoms. The predicted molar refractivity (Wildman–Crippen MR) is 71.2 cm³/mol. The van der Waals surface area contributed by atoms with Gasteiger partial charge in [-0.05, 0) is 39.8 Å². The normalized spacial score (nSPS) is 17.7. The van der Waals surface area contributed by atoms with Crippen LogP contribution in [0.3, 0.4) is 0 Å². The van der Waals surface area contributed by atoms with Gasteiger partial charge in [0.1, 0.15) is 0 Å². The van der Waals surface area contributed by atoms with Crippen molar-refractivity contribution in [2.45, 2.75) is 44.6 Å². The summed E-state index contributed by atoms with van der Waals surface area (Å²) < 4.78 is 0. The second kappa shape index (κ2) is 6.24. The molecule has 0 radical (unpaired) electrons. The highest BCUT2D eigenvalue weighted by Gasteiger charge is 2.40. The Labute approximate surface area is 105 Å². The molecule has 0 atom stereocenters. The molecule has 4 heteroatoms. The highest BCUT2D eigenvalue weighted by Crippen LogP contribution is 2.36. The zero-order valence-electron chi connectivity index (χ0n) is 11.8. The maximum absolute atomic E-state index is 11.9. The molecule has 0 unspecified atom stereocenters. The molecule has 0 bridgehead atoms. The van der Waals surface area contributed by atoms with Crippen LogP contribution in [-0.4, -0.2) is 55.6 Å². The number of amides is 2. The van der Waals surface area contributed by atoms with Gasteiger partial charge in [-0.1, -0.05) is 13.3 Å². The Morgan fingerprint density at radius 2 is 1.94 bits per heavy atom. The number of unbranched alkanes of at least 4 members (excludes halogenated alkanes) is 1. The molecule has 1 fully saturated rings. The van der Waals surface area contributed by atoms with Crippen LogP contribution < -0.4 is 5.32 Å². The molecular weight excluding hydrogens is 214 g/mol. The Balaban J connectivity index is 2.37. The van der Waals surface area contributed by atoms with Gasteiger partial charge in [-0.2, -0.15) is 0 Å². The zero-order valence-corrected chi connectivity index (χ0v) is 11.8. The van der Waals surface area contributed by atoms with E-state index >= 15 is 0 Å². The summed E-state index contributed by atoms with van der Waals surface area (Å²) in [7, 11) is 6.12. The standard InChI is InChI=1S/C13H27N3O/c1-5-6-10-14-12(17)16(4)11-13(15(2)3)8-7-9-13/h5-11H2,1-4H3,(H,14,17). The second-order valence-electron chi connectivity index (χ2n) is 5.41. The SMILES string of the molecule is CCCCNC(=O)N(C)CC1(N(C)C)CCC1. The van der Waals surface area contributed by atoms with Crippen molar-refractivity contribution in [3.05, 3.63) is 0 Å². The largest absolute Gasteiger partial charge is 0.338 e. The van der Waals surface area contributed by atoms with E-state index in [4.69, 9.17) is 0 Å². The number of carbonyl (C=O) groups is 1. The summed E-state index contributed by atoms with van der Waals surface area (Å²) >= 11 is 0. The van der Waals surface area contributed by atoms with Gasteiger partial charge in [0.25, 0.3) is 0 Å². The first kappa shape index (κ1) is 14.3. The Hall–Kier alpha value is -0.770. The van der Waals surface area contributed by atoms with Gasteiger partial charge in [-0.3, -0.25) is 0 Å². The van der Waals surface area contributed by atoms with Crippen LogP contribution in [0.1, 0.15) is 39.0 Å². The number of carbonyl (C=O) groups excluding carboxylic acids is 1. The number of likely N-dealkylation sites (N-methyl/N-ethyl adjacent to an activating group) is 2. The predicted octanol–water partition coefficient (Wildman–Crippen LogP) is 1.91. The van der Waals surface area contributed by atoms with Crippen LogP contribution in [0.15, 0.2) is 0 Å². The number of hydrogen-bond acceptors (Lipinski definition) is 2. The Kier molecular flexibility index (Phi) is 5.25. The minimum Gasteiger partial charge on any atom is -0.338 e. The molecule has 1 aliphatic carbocycles. The van der Waals surface area contributed by atoms with Crippen molar-refractivity contribution < 1.29 is 4.79 Å². The third kappa shape index (κ3) is 3.60. The lowest BCUT2D eigenvalue weighted by atomic mass is 9.75. The molecule has 17 heavy (non-hydrogen) atoms. The Morgan fingerprint density at radius 3 is 2.35 bits per heavy atom. The van der Waals surface area contributed by atoms with Crippen molar-refractivity contribution in [1.82, 2.24) is 15.1 Å². The highest BCUT2D eigenvalue weighted by molar-refractivity contribution is 5.73. The van der Waals surface area contributed by atoms with Crippen molar-refractivity contribution in [2.75, 3.05) is 34.2 Å². The molecule has 0 aromatic rings. The van der Waals surface area contributed by atoms with E-state index in [2.05, 4.69) is 31.2 Å². The van der Waals surface area contributed by atoms with E-state index in [0.717, 1.165) is 25.9 Å². The maximum Gasteiger partial charge on any atom is 0.317 e. The summed E-state index contributed by atoms with van der Waals surface area (Å²) in [4.78, 5) is 16.0. The summed E-state index contributed by atoms with van der Waals surface area (Å²) in [6, 6.07) is 0.0616. The van der Waals surface area contributed by atoms with E-state index in [1.54, 1.807) is 0 Å². The minimum atomic E-state index is 0.0616. The first-order valence-corrected chi connectivity index (χ1v) is 6.68. The maximum atomic E-state index is 11.9. The summed E-state index contributed by atoms with van der Waals surface area (Å²) in [5.74, 6) is 0. The Bertz CT molecular complexity index is 249. The van der Waals surface area contributed by atoms with Crippen molar-refractivity contribution in [1.29, 1.82) is 0 Å². The summed E-state index contributed by atoms with van der Waals surface area (Å²) in [5.41, 5.74) is 0.219. The number of nitrogens with zero attached hydrogens (tertiary/aromatic N) is 2. The van der Waals surface area contributed by atoms with E-state index in [9.17, 15) is 4.79 Å². The van der Waals surface area contributed by atoms with Crippen molar-refractivity contribution in [3.8, 4) is 0 Å². The number of hydrogen-bond donors (Lipinski definition) is 1. The van der Waals surface area contributed by atoms with Gasteiger partial charge in [0.05, 0.1) is 0 Å².